The van der Waals surface area contributed by atoms with Gasteiger partial charge in [0.15, 0.2) is 5.60 Å². The fourth-order valence-electron chi connectivity index (χ4n) is 2.69. The van der Waals surface area contributed by atoms with Gasteiger partial charge in [0.1, 0.15) is 17.2 Å². The SMILES string of the molecule is CCCC1(C(=O)OCC)OC1(C)c1cc(F)ccc1F. The molecular weight excluding hydrogens is 266 g/mol. The fraction of sp³-hybridized carbons (Fsp3) is 0.533. The molecule has 0 N–H and O–H groups in total. The summed E-state index contributed by atoms with van der Waals surface area (Å²) in [4.78, 5) is 12.1. The lowest BCUT2D eigenvalue weighted by atomic mass is 9.84. The maximum atomic E-state index is 13.9. The van der Waals surface area contributed by atoms with Crippen LogP contribution in [0.1, 0.15) is 39.2 Å². The van der Waals surface area contributed by atoms with E-state index in [4.69, 9.17) is 9.47 Å². The zero-order valence-electron chi connectivity index (χ0n) is 11.8. The smallest absolute Gasteiger partial charge is 0.341 e. The number of ether oxygens (including phenoxy) is 2. The molecule has 1 saturated heterocycles. The number of carbonyl (C=O) groups excluding carboxylic acids is 1. The van der Waals surface area contributed by atoms with E-state index in [0.29, 0.717) is 12.8 Å². The Labute approximate surface area is 116 Å². The van der Waals surface area contributed by atoms with Gasteiger partial charge in [-0.05, 0) is 38.5 Å². The molecule has 0 aromatic heterocycles. The molecule has 1 aromatic rings. The predicted molar refractivity (Wildman–Crippen MR) is 69.1 cm³/mol. The highest BCUT2D eigenvalue weighted by Gasteiger charge is 2.73. The van der Waals surface area contributed by atoms with Crippen LogP contribution in [0.5, 0.6) is 0 Å². The monoisotopic (exact) mass is 284 g/mol. The van der Waals surface area contributed by atoms with Crippen molar-refractivity contribution >= 4 is 5.97 Å². The van der Waals surface area contributed by atoms with E-state index < -0.39 is 28.8 Å². The van der Waals surface area contributed by atoms with E-state index in [1.54, 1.807) is 13.8 Å². The molecule has 1 fully saturated rings. The third kappa shape index (κ3) is 2.10. The van der Waals surface area contributed by atoms with Crippen LogP contribution < -0.4 is 0 Å². The Morgan fingerprint density at radius 1 is 1.35 bits per heavy atom. The second kappa shape index (κ2) is 5.13. The maximum absolute atomic E-state index is 13.9. The van der Waals surface area contributed by atoms with Crippen LogP contribution in [0.2, 0.25) is 0 Å². The number of hydrogen-bond donors (Lipinski definition) is 0. The minimum absolute atomic E-state index is 0.0546. The van der Waals surface area contributed by atoms with Gasteiger partial charge in [-0.3, -0.25) is 0 Å². The maximum Gasteiger partial charge on any atom is 0.341 e. The van der Waals surface area contributed by atoms with Crippen molar-refractivity contribution in [3.63, 3.8) is 0 Å². The van der Waals surface area contributed by atoms with Gasteiger partial charge in [0.05, 0.1) is 6.61 Å². The Balaban J connectivity index is 2.40. The Kier molecular flexibility index (Phi) is 3.82. The van der Waals surface area contributed by atoms with Gasteiger partial charge in [0.25, 0.3) is 0 Å². The quantitative estimate of drug-likeness (QED) is 0.615. The average molecular weight is 284 g/mol. The molecule has 5 heteroatoms. The first-order chi connectivity index (χ1) is 9.41. The fourth-order valence-corrected chi connectivity index (χ4v) is 2.69. The van der Waals surface area contributed by atoms with Crippen LogP contribution in [-0.4, -0.2) is 18.2 Å². The van der Waals surface area contributed by atoms with Crippen molar-refractivity contribution in [2.24, 2.45) is 0 Å². The summed E-state index contributed by atoms with van der Waals surface area (Å²) in [6.45, 7) is 5.40. The van der Waals surface area contributed by atoms with Crippen LogP contribution in [0.25, 0.3) is 0 Å². The highest BCUT2D eigenvalue weighted by Crippen LogP contribution is 2.59. The number of halogens is 2. The normalized spacial score (nSPS) is 28.2. The largest absolute Gasteiger partial charge is 0.464 e. The first-order valence-corrected chi connectivity index (χ1v) is 6.74. The van der Waals surface area contributed by atoms with Crippen molar-refractivity contribution in [3.8, 4) is 0 Å². The summed E-state index contributed by atoms with van der Waals surface area (Å²) in [5.41, 5.74) is -2.34. The summed E-state index contributed by atoms with van der Waals surface area (Å²) in [6.07, 6.45) is 1.07. The molecule has 20 heavy (non-hydrogen) atoms. The summed E-state index contributed by atoms with van der Waals surface area (Å²) in [6, 6.07) is 3.15. The van der Waals surface area contributed by atoms with Gasteiger partial charge in [0, 0.05) is 5.56 Å². The third-order valence-corrected chi connectivity index (χ3v) is 3.76. The van der Waals surface area contributed by atoms with Gasteiger partial charge < -0.3 is 9.47 Å². The molecule has 0 spiro atoms. The van der Waals surface area contributed by atoms with Gasteiger partial charge in [-0.15, -0.1) is 0 Å². The van der Waals surface area contributed by atoms with Crippen molar-refractivity contribution < 1.29 is 23.0 Å². The number of epoxide rings is 1. The summed E-state index contributed by atoms with van der Waals surface area (Å²) in [7, 11) is 0. The number of esters is 1. The van der Waals surface area contributed by atoms with E-state index in [-0.39, 0.29) is 12.2 Å². The lowest BCUT2D eigenvalue weighted by molar-refractivity contribution is -0.149. The Hall–Kier alpha value is -1.49. The van der Waals surface area contributed by atoms with Crippen LogP contribution in [0.4, 0.5) is 8.78 Å². The summed E-state index contributed by atoms with van der Waals surface area (Å²) < 4.78 is 37.9. The van der Waals surface area contributed by atoms with E-state index in [0.717, 1.165) is 18.2 Å². The molecule has 2 atom stereocenters. The number of rotatable bonds is 5. The van der Waals surface area contributed by atoms with Gasteiger partial charge >= 0.3 is 5.97 Å². The molecule has 1 aliphatic heterocycles. The lowest BCUT2D eigenvalue weighted by Crippen LogP contribution is -2.33. The van der Waals surface area contributed by atoms with Crippen LogP contribution in [0, 0.1) is 11.6 Å². The predicted octanol–water partition coefficient (Wildman–Crippen LogP) is 3.31. The van der Waals surface area contributed by atoms with E-state index in [2.05, 4.69) is 0 Å². The van der Waals surface area contributed by atoms with Crippen molar-refractivity contribution in [3.05, 3.63) is 35.4 Å². The molecular formula is C15H18F2O3. The number of carbonyl (C=O) groups is 1. The minimum atomic E-state index is -1.22. The molecule has 110 valence electrons. The molecule has 1 heterocycles. The summed E-state index contributed by atoms with van der Waals surface area (Å²) >= 11 is 0. The first-order valence-electron chi connectivity index (χ1n) is 6.74. The first kappa shape index (κ1) is 14.9. The van der Waals surface area contributed by atoms with Gasteiger partial charge in [0.2, 0.25) is 0 Å². The van der Waals surface area contributed by atoms with Crippen LogP contribution >= 0.6 is 0 Å². The summed E-state index contributed by atoms with van der Waals surface area (Å²) in [5.74, 6) is -1.67. The van der Waals surface area contributed by atoms with E-state index in [1.807, 2.05) is 6.92 Å². The highest BCUT2D eigenvalue weighted by molar-refractivity contribution is 5.85. The molecule has 2 rings (SSSR count). The van der Waals surface area contributed by atoms with Crippen molar-refractivity contribution in [2.75, 3.05) is 6.61 Å². The van der Waals surface area contributed by atoms with Gasteiger partial charge in [-0.25, -0.2) is 13.6 Å². The number of benzene rings is 1. The van der Waals surface area contributed by atoms with Gasteiger partial charge in [-0.1, -0.05) is 13.3 Å². The second-order valence-electron chi connectivity index (χ2n) is 5.06. The standard InChI is InChI=1S/C15H18F2O3/c1-4-8-15(13(18)19-5-2)14(3,20-15)11-9-10(16)6-7-12(11)17/h6-7,9H,4-5,8H2,1-3H3. The number of hydrogen-bond acceptors (Lipinski definition) is 3. The molecule has 0 saturated carbocycles. The molecule has 1 aromatic carbocycles. The average Bonchev–Trinajstić information content (AvgIpc) is 3.01. The van der Waals surface area contributed by atoms with Crippen molar-refractivity contribution in [2.45, 2.75) is 44.8 Å². The van der Waals surface area contributed by atoms with Crippen LogP contribution in [-0.2, 0) is 19.9 Å². The Morgan fingerprint density at radius 2 is 2.05 bits per heavy atom. The molecule has 0 bridgehead atoms. The molecule has 0 amide bonds. The highest BCUT2D eigenvalue weighted by atomic mass is 19.1. The topological polar surface area (TPSA) is 38.8 Å². The molecule has 1 aliphatic rings. The second-order valence-corrected chi connectivity index (χ2v) is 5.06. The lowest BCUT2D eigenvalue weighted by Gasteiger charge is -2.16. The zero-order valence-corrected chi connectivity index (χ0v) is 11.8. The van der Waals surface area contributed by atoms with Crippen LogP contribution in [0.3, 0.4) is 0 Å². The van der Waals surface area contributed by atoms with E-state index >= 15 is 0 Å². The molecule has 0 aliphatic carbocycles. The molecule has 0 radical (unpaired) electrons. The third-order valence-electron chi connectivity index (χ3n) is 3.76. The van der Waals surface area contributed by atoms with Gasteiger partial charge in [-0.2, -0.15) is 0 Å². The van der Waals surface area contributed by atoms with Crippen LogP contribution in [0.15, 0.2) is 18.2 Å². The minimum Gasteiger partial charge on any atom is -0.464 e. The zero-order chi connectivity index (χ0) is 15.0. The van der Waals surface area contributed by atoms with Crippen molar-refractivity contribution in [1.82, 2.24) is 0 Å². The van der Waals surface area contributed by atoms with Crippen molar-refractivity contribution in [1.29, 1.82) is 0 Å². The molecule has 2 unspecified atom stereocenters. The van der Waals surface area contributed by atoms with E-state index in [1.165, 1.54) is 0 Å². The Morgan fingerprint density at radius 3 is 2.65 bits per heavy atom. The summed E-state index contributed by atoms with van der Waals surface area (Å²) in [5, 5.41) is 0. The molecule has 3 nitrogen and oxygen atoms in total. The van der Waals surface area contributed by atoms with E-state index in [9.17, 15) is 13.6 Å². The Bertz CT molecular complexity index is 532.